The topological polar surface area (TPSA) is 0 Å². The summed E-state index contributed by atoms with van der Waals surface area (Å²) in [6.45, 7) is 2.12. The first-order valence-corrected chi connectivity index (χ1v) is 7.03. The molecule has 0 atom stereocenters. The van der Waals surface area contributed by atoms with E-state index in [9.17, 15) is 0 Å². The van der Waals surface area contributed by atoms with Gasteiger partial charge in [-0.3, -0.25) is 0 Å². The first kappa shape index (κ1) is 13.0. The average molecular weight is 279 g/mol. The van der Waals surface area contributed by atoms with Gasteiger partial charge < -0.3 is 0 Å². The number of benzene rings is 3. The Hall–Kier alpha value is -2.05. The Balaban J connectivity index is 1.98. The molecule has 0 saturated carbocycles. The lowest BCUT2D eigenvalue weighted by molar-refractivity contribution is 1.58. The van der Waals surface area contributed by atoms with Crippen molar-refractivity contribution in [2.45, 2.75) is 6.92 Å². The Bertz CT molecular complexity index is 767. The van der Waals surface area contributed by atoms with E-state index in [0.717, 1.165) is 5.02 Å². The minimum absolute atomic E-state index is 0.771. The molecule has 0 heterocycles. The molecule has 98 valence electrons. The number of halogens is 1. The van der Waals surface area contributed by atoms with Gasteiger partial charge in [0.25, 0.3) is 0 Å². The summed E-state index contributed by atoms with van der Waals surface area (Å²) in [6, 6.07) is 22.9. The molecule has 0 nitrogen and oxygen atoms in total. The minimum Gasteiger partial charge on any atom is -0.0843 e. The van der Waals surface area contributed by atoms with E-state index in [4.69, 9.17) is 11.6 Å². The molecule has 0 aliphatic heterocycles. The van der Waals surface area contributed by atoms with Gasteiger partial charge >= 0.3 is 0 Å². The highest BCUT2D eigenvalue weighted by molar-refractivity contribution is 6.30. The lowest BCUT2D eigenvalue weighted by atomic mass is 10.0. The van der Waals surface area contributed by atoms with Gasteiger partial charge in [-0.1, -0.05) is 66.2 Å². The van der Waals surface area contributed by atoms with Crippen LogP contribution in [0.15, 0.2) is 66.7 Å². The monoisotopic (exact) mass is 278 g/mol. The molecule has 0 spiro atoms. The maximum absolute atomic E-state index is 5.92. The van der Waals surface area contributed by atoms with Crippen LogP contribution in [0, 0.1) is 0 Å². The predicted octanol–water partition coefficient (Wildman–Crippen LogP) is 6.05. The molecule has 0 bridgehead atoms. The highest BCUT2D eigenvalue weighted by Gasteiger charge is 1.98. The quantitative estimate of drug-likeness (QED) is 0.500. The summed E-state index contributed by atoms with van der Waals surface area (Å²) >= 11 is 5.92. The molecule has 0 aromatic heterocycles. The molecule has 0 aliphatic rings. The van der Waals surface area contributed by atoms with Gasteiger partial charge in [0.15, 0.2) is 0 Å². The van der Waals surface area contributed by atoms with Crippen LogP contribution in [-0.4, -0.2) is 0 Å². The molecule has 0 saturated heterocycles. The van der Waals surface area contributed by atoms with Crippen molar-refractivity contribution in [2.24, 2.45) is 0 Å². The molecule has 3 rings (SSSR count). The average Bonchev–Trinajstić information content (AvgIpc) is 2.48. The molecule has 0 amide bonds. The van der Waals surface area contributed by atoms with Crippen LogP contribution < -0.4 is 0 Å². The predicted molar refractivity (Wildman–Crippen MR) is 88.9 cm³/mol. The van der Waals surface area contributed by atoms with Gasteiger partial charge in [0.05, 0.1) is 0 Å². The highest BCUT2D eigenvalue weighted by atomic mass is 35.5. The second kappa shape index (κ2) is 5.52. The Labute approximate surface area is 124 Å². The van der Waals surface area contributed by atoms with Crippen LogP contribution in [-0.2, 0) is 0 Å². The summed E-state index contributed by atoms with van der Waals surface area (Å²) in [5, 5.41) is 3.31. The van der Waals surface area contributed by atoms with Crippen LogP contribution in [0.5, 0.6) is 0 Å². The Morgan fingerprint density at radius 2 is 1.55 bits per heavy atom. The second-order valence-corrected chi connectivity index (χ2v) is 5.38. The SMILES string of the molecule is C/C(=C/c1ccc2ccccc2c1)c1ccc(Cl)cc1. The smallest absolute Gasteiger partial charge is 0.0406 e. The van der Waals surface area contributed by atoms with E-state index >= 15 is 0 Å². The normalized spacial score (nSPS) is 11.8. The third kappa shape index (κ3) is 2.76. The fraction of sp³-hybridized carbons (Fsp3) is 0.0526. The third-order valence-corrected chi connectivity index (χ3v) is 3.71. The maximum Gasteiger partial charge on any atom is 0.0406 e. The van der Waals surface area contributed by atoms with Crippen LogP contribution in [0.4, 0.5) is 0 Å². The van der Waals surface area contributed by atoms with E-state index in [-0.39, 0.29) is 0 Å². The molecule has 3 aromatic rings. The molecule has 0 unspecified atom stereocenters. The van der Waals surface area contributed by atoms with Gasteiger partial charge in [0, 0.05) is 5.02 Å². The largest absolute Gasteiger partial charge is 0.0843 e. The van der Waals surface area contributed by atoms with Gasteiger partial charge in [-0.25, -0.2) is 0 Å². The first-order chi connectivity index (χ1) is 9.72. The molecule has 0 aliphatic carbocycles. The number of allylic oxidation sites excluding steroid dienone is 1. The van der Waals surface area contributed by atoms with Crippen LogP contribution in [0.3, 0.4) is 0 Å². The molecule has 0 fully saturated rings. The Kier molecular flexibility index (Phi) is 3.58. The van der Waals surface area contributed by atoms with E-state index in [1.54, 1.807) is 0 Å². The van der Waals surface area contributed by atoms with Crippen molar-refractivity contribution in [3.8, 4) is 0 Å². The van der Waals surface area contributed by atoms with Crippen molar-refractivity contribution >= 4 is 34.0 Å². The summed E-state index contributed by atoms with van der Waals surface area (Å²) in [5.74, 6) is 0. The molecule has 0 radical (unpaired) electrons. The second-order valence-electron chi connectivity index (χ2n) is 4.94. The summed E-state index contributed by atoms with van der Waals surface area (Å²) in [4.78, 5) is 0. The molecular formula is C19H15Cl. The van der Waals surface area contributed by atoms with E-state index in [1.165, 1.54) is 27.5 Å². The lowest BCUT2D eigenvalue weighted by Crippen LogP contribution is -1.80. The summed E-state index contributed by atoms with van der Waals surface area (Å²) < 4.78 is 0. The summed E-state index contributed by atoms with van der Waals surface area (Å²) in [6.07, 6.45) is 2.20. The molecule has 1 heteroatoms. The van der Waals surface area contributed by atoms with Gasteiger partial charge in [0.1, 0.15) is 0 Å². The Morgan fingerprint density at radius 1 is 0.850 bits per heavy atom. The third-order valence-electron chi connectivity index (χ3n) is 3.46. The van der Waals surface area contributed by atoms with Crippen LogP contribution in [0.25, 0.3) is 22.4 Å². The van der Waals surface area contributed by atoms with Crippen molar-refractivity contribution in [1.82, 2.24) is 0 Å². The van der Waals surface area contributed by atoms with Crippen molar-refractivity contribution < 1.29 is 0 Å². The van der Waals surface area contributed by atoms with Gasteiger partial charge in [0.2, 0.25) is 0 Å². The van der Waals surface area contributed by atoms with Gasteiger partial charge in [-0.05, 0) is 52.6 Å². The van der Waals surface area contributed by atoms with Crippen LogP contribution in [0.2, 0.25) is 5.02 Å². The van der Waals surface area contributed by atoms with Crippen molar-refractivity contribution in [2.75, 3.05) is 0 Å². The molecule has 3 aromatic carbocycles. The Morgan fingerprint density at radius 3 is 2.30 bits per heavy atom. The fourth-order valence-corrected chi connectivity index (χ4v) is 2.47. The van der Waals surface area contributed by atoms with E-state index in [1.807, 2.05) is 12.1 Å². The zero-order valence-corrected chi connectivity index (χ0v) is 12.1. The standard InChI is InChI=1S/C19H15Cl/c1-14(16-8-10-19(20)11-9-16)12-15-6-7-17-4-2-3-5-18(17)13-15/h2-13H,1H3/b14-12-. The zero-order valence-electron chi connectivity index (χ0n) is 11.3. The minimum atomic E-state index is 0.771. The maximum atomic E-state index is 5.92. The summed E-state index contributed by atoms with van der Waals surface area (Å²) in [7, 11) is 0. The number of hydrogen-bond donors (Lipinski definition) is 0. The fourth-order valence-electron chi connectivity index (χ4n) is 2.34. The molecule has 0 N–H and O–H groups in total. The van der Waals surface area contributed by atoms with Crippen LogP contribution in [0.1, 0.15) is 18.1 Å². The van der Waals surface area contributed by atoms with Gasteiger partial charge in [-0.15, -0.1) is 0 Å². The zero-order chi connectivity index (χ0) is 13.9. The van der Waals surface area contributed by atoms with E-state index in [2.05, 4.69) is 67.6 Å². The summed E-state index contributed by atoms with van der Waals surface area (Å²) in [5.41, 5.74) is 3.65. The highest BCUT2D eigenvalue weighted by Crippen LogP contribution is 2.22. The lowest BCUT2D eigenvalue weighted by Gasteiger charge is -2.04. The molecule has 20 heavy (non-hydrogen) atoms. The van der Waals surface area contributed by atoms with Crippen molar-refractivity contribution in [3.63, 3.8) is 0 Å². The van der Waals surface area contributed by atoms with Gasteiger partial charge in [-0.2, -0.15) is 0 Å². The first-order valence-electron chi connectivity index (χ1n) is 6.65. The van der Waals surface area contributed by atoms with Crippen molar-refractivity contribution in [3.05, 3.63) is 82.9 Å². The molecular weight excluding hydrogens is 264 g/mol. The number of hydrogen-bond acceptors (Lipinski definition) is 0. The van der Waals surface area contributed by atoms with Crippen molar-refractivity contribution in [1.29, 1.82) is 0 Å². The number of rotatable bonds is 2. The van der Waals surface area contributed by atoms with Crippen LogP contribution >= 0.6 is 11.6 Å². The van der Waals surface area contributed by atoms with E-state index in [0.29, 0.717) is 0 Å². The number of fused-ring (bicyclic) bond motifs is 1. The van der Waals surface area contributed by atoms with E-state index < -0.39 is 0 Å².